The molecule has 0 atom stereocenters. The molecule has 0 aromatic heterocycles. The van der Waals surface area contributed by atoms with E-state index in [1.165, 1.54) is 0 Å². The summed E-state index contributed by atoms with van der Waals surface area (Å²) >= 11 is 0. The molecule has 0 aliphatic rings. The Morgan fingerprint density at radius 3 is 0.814 bits per heavy atom. The van der Waals surface area contributed by atoms with Crippen molar-refractivity contribution in [1.29, 1.82) is 0 Å². The van der Waals surface area contributed by atoms with Crippen molar-refractivity contribution in [3.8, 4) is 0 Å². The molecule has 0 spiro atoms. The summed E-state index contributed by atoms with van der Waals surface area (Å²) in [5.41, 5.74) is 0.413. The summed E-state index contributed by atoms with van der Waals surface area (Å²) in [5, 5.41) is 0. The van der Waals surface area contributed by atoms with Gasteiger partial charge in [0.05, 0.1) is 6.61 Å². The summed E-state index contributed by atoms with van der Waals surface area (Å²) in [6, 6.07) is 0. The highest BCUT2D eigenvalue weighted by Crippen LogP contribution is 1.96. The van der Waals surface area contributed by atoms with Gasteiger partial charge in [-0.2, -0.15) is 0 Å². The van der Waals surface area contributed by atoms with E-state index in [0.29, 0.717) is 91.3 Å². The first-order valence-electron chi connectivity index (χ1n) is 16.1. The highest BCUT2D eigenvalue weighted by atomic mass is 16.5. The first-order valence-corrected chi connectivity index (χ1v) is 16.1. The van der Waals surface area contributed by atoms with Crippen LogP contribution in [0.4, 0.5) is 0 Å². The molecule has 11 heteroatoms. The Balaban J connectivity index is 3.06. The van der Waals surface area contributed by atoms with E-state index in [2.05, 4.69) is 6.58 Å². The van der Waals surface area contributed by atoms with Crippen molar-refractivity contribution < 1.29 is 52.2 Å². The fraction of sp³-hybridized carbons (Fsp3) is 0.906. The zero-order valence-corrected chi connectivity index (χ0v) is 27.3. The lowest BCUT2D eigenvalue weighted by molar-refractivity contribution is -0.139. The first kappa shape index (κ1) is 41.9. The van der Waals surface area contributed by atoms with Crippen LogP contribution in [0, 0.1) is 0 Å². The third kappa shape index (κ3) is 36.9. The molecule has 0 aromatic rings. The van der Waals surface area contributed by atoms with Crippen molar-refractivity contribution in [3.05, 3.63) is 12.2 Å². The van der Waals surface area contributed by atoms with Crippen molar-refractivity contribution >= 4 is 5.97 Å². The molecule has 256 valence electrons. The van der Waals surface area contributed by atoms with E-state index >= 15 is 0 Å². The molecule has 0 unspecified atom stereocenters. The summed E-state index contributed by atoms with van der Waals surface area (Å²) < 4.78 is 54.6. The molecule has 11 nitrogen and oxygen atoms in total. The molecule has 0 rings (SSSR count). The van der Waals surface area contributed by atoms with Crippen LogP contribution >= 0.6 is 0 Å². The summed E-state index contributed by atoms with van der Waals surface area (Å²) in [6.07, 6.45) is 7.84. The maximum atomic E-state index is 11.2. The lowest BCUT2D eigenvalue weighted by Crippen LogP contribution is -2.09. The van der Waals surface area contributed by atoms with Crippen molar-refractivity contribution in [2.24, 2.45) is 0 Å². The van der Waals surface area contributed by atoms with E-state index in [-0.39, 0.29) is 5.97 Å². The Morgan fingerprint density at radius 2 is 0.605 bits per heavy atom. The van der Waals surface area contributed by atoms with Crippen molar-refractivity contribution in [2.75, 3.05) is 126 Å². The van der Waals surface area contributed by atoms with Gasteiger partial charge in [0, 0.05) is 131 Å². The van der Waals surface area contributed by atoms with E-state index in [4.69, 9.17) is 47.4 Å². The van der Waals surface area contributed by atoms with Crippen LogP contribution in [-0.2, 0) is 52.2 Å². The second-order valence-corrected chi connectivity index (χ2v) is 9.99. The van der Waals surface area contributed by atoms with Gasteiger partial charge in [-0.25, -0.2) is 4.79 Å². The average Bonchev–Trinajstić information content (AvgIpc) is 3.00. The van der Waals surface area contributed by atoms with Crippen LogP contribution in [-0.4, -0.2) is 132 Å². The second-order valence-electron chi connectivity index (χ2n) is 9.99. The molecule has 0 N–H and O–H groups in total. The van der Waals surface area contributed by atoms with Crippen LogP contribution in [0.1, 0.15) is 64.7 Å². The summed E-state index contributed by atoms with van der Waals surface area (Å²) in [6.45, 7) is 17.4. The van der Waals surface area contributed by atoms with Gasteiger partial charge in [0.25, 0.3) is 0 Å². The number of hydrogen-bond donors (Lipinski definition) is 0. The Kier molecular flexibility index (Phi) is 36.0. The van der Waals surface area contributed by atoms with Gasteiger partial charge in [0.1, 0.15) is 0 Å². The molecular formula is C32H62O11. The van der Waals surface area contributed by atoms with Gasteiger partial charge in [-0.3, -0.25) is 0 Å². The molecule has 0 amide bonds. The first-order chi connectivity index (χ1) is 21.2. The van der Waals surface area contributed by atoms with Gasteiger partial charge in [0.2, 0.25) is 0 Å². The van der Waals surface area contributed by atoms with Crippen molar-refractivity contribution in [1.82, 2.24) is 0 Å². The molecule has 0 heterocycles. The van der Waals surface area contributed by atoms with Crippen LogP contribution in [0.15, 0.2) is 12.2 Å². The van der Waals surface area contributed by atoms with Gasteiger partial charge < -0.3 is 47.4 Å². The normalized spacial score (nSPS) is 11.3. The molecule has 0 radical (unpaired) electrons. The Hall–Kier alpha value is -1.15. The summed E-state index contributed by atoms with van der Waals surface area (Å²) in [4.78, 5) is 11.2. The molecule has 0 bridgehead atoms. The van der Waals surface area contributed by atoms with Crippen molar-refractivity contribution in [3.63, 3.8) is 0 Å². The highest BCUT2D eigenvalue weighted by Gasteiger charge is 2.02. The van der Waals surface area contributed by atoms with Gasteiger partial charge in [0.15, 0.2) is 0 Å². The van der Waals surface area contributed by atoms with Gasteiger partial charge in [-0.1, -0.05) is 6.58 Å². The van der Waals surface area contributed by atoms with Crippen LogP contribution in [0.5, 0.6) is 0 Å². The minimum absolute atomic E-state index is 0.353. The molecular weight excluding hydrogens is 560 g/mol. The smallest absolute Gasteiger partial charge is 0.333 e. The number of carbonyl (C=O) groups is 1. The third-order valence-corrected chi connectivity index (χ3v) is 5.69. The van der Waals surface area contributed by atoms with E-state index in [1.54, 1.807) is 14.0 Å². The third-order valence-electron chi connectivity index (χ3n) is 5.69. The molecule has 0 saturated carbocycles. The Bertz CT molecular complexity index is 578. The van der Waals surface area contributed by atoms with Crippen LogP contribution < -0.4 is 0 Å². The maximum absolute atomic E-state index is 11.2. The lowest BCUT2D eigenvalue weighted by atomic mass is 10.4. The number of rotatable bonds is 37. The predicted octanol–water partition coefficient (Wildman–Crippen LogP) is 4.40. The minimum atomic E-state index is -0.353. The molecule has 0 saturated heterocycles. The zero-order valence-electron chi connectivity index (χ0n) is 27.3. The van der Waals surface area contributed by atoms with Gasteiger partial charge >= 0.3 is 5.97 Å². The van der Waals surface area contributed by atoms with Crippen molar-refractivity contribution in [2.45, 2.75) is 64.7 Å². The molecule has 0 aliphatic carbocycles. The standard InChI is InChI=1S/C32H62O11/c1-31(2)32(33)43-30-12-29-42-28-11-27-41-26-10-25-40-24-9-23-39-22-8-21-38-20-7-19-37-18-6-17-36-16-5-15-35-14-4-13-34-3/h1,4-30H2,2-3H3. The van der Waals surface area contributed by atoms with E-state index < -0.39 is 0 Å². The minimum Gasteiger partial charge on any atom is -0.462 e. The quantitative estimate of drug-likeness (QED) is 0.0559. The largest absolute Gasteiger partial charge is 0.462 e. The zero-order chi connectivity index (χ0) is 31.3. The van der Waals surface area contributed by atoms with Crippen LogP contribution in [0.3, 0.4) is 0 Å². The Labute approximate surface area is 261 Å². The average molecular weight is 623 g/mol. The number of carbonyl (C=O) groups excluding carboxylic acids is 1. The molecule has 0 aromatic carbocycles. The number of esters is 1. The van der Waals surface area contributed by atoms with E-state index in [0.717, 1.165) is 91.0 Å². The topological polar surface area (TPSA) is 109 Å². The molecule has 43 heavy (non-hydrogen) atoms. The Morgan fingerprint density at radius 1 is 0.395 bits per heavy atom. The van der Waals surface area contributed by atoms with Gasteiger partial charge in [-0.15, -0.1) is 0 Å². The monoisotopic (exact) mass is 622 g/mol. The fourth-order valence-electron chi connectivity index (χ4n) is 3.41. The highest BCUT2D eigenvalue weighted by molar-refractivity contribution is 5.86. The SMILES string of the molecule is C=C(C)C(=O)OCCCOCCCOCCCOCCCOCCCOCCCOCCCOCCCOCCCOC. The molecule has 0 fully saturated rings. The maximum Gasteiger partial charge on any atom is 0.333 e. The predicted molar refractivity (Wildman–Crippen MR) is 166 cm³/mol. The second kappa shape index (κ2) is 37.0. The van der Waals surface area contributed by atoms with Crippen LogP contribution in [0.2, 0.25) is 0 Å². The van der Waals surface area contributed by atoms with E-state index in [9.17, 15) is 4.79 Å². The van der Waals surface area contributed by atoms with Crippen LogP contribution in [0.25, 0.3) is 0 Å². The van der Waals surface area contributed by atoms with E-state index in [1.807, 2.05) is 0 Å². The number of methoxy groups -OCH3 is 1. The fourth-order valence-corrected chi connectivity index (χ4v) is 3.41. The summed E-state index contributed by atoms with van der Waals surface area (Å²) in [7, 11) is 1.70. The molecule has 0 aliphatic heterocycles. The van der Waals surface area contributed by atoms with Gasteiger partial charge in [-0.05, 0) is 58.3 Å². The number of hydrogen-bond acceptors (Lipinski definition) is 11. The lowest BCUT2D eigenvalue weighted by Gasteiger charge is -2.08. The summed E-state index contributed by atoms with van der Waals surface area (Å²) in [5.74, 6) is -0.353. The number of ether oxygens (including phenoxy) is 10.